The van der Waals surface area contributed by atoms with Gasteiger partial charge >= 0.3 is 50.9 Å². The summed E-state index contributed by atoms with van der Waals surface area (Å²) < 4.78 is 0. The maximum atomic E-state index is 14.3. The van der Waals surface area contributed by atoms with E-state index in [2.05, 4.69) is 119 Å². The van der Waals surface area contributed by atoms with Crippen molar-refractivity contribution in [2.24, 2.45) is 23.2 Å². The Morgan fingerprint density at radius 1 is 0.548 bits per heavy atom. The van der Waals surface area contributed by atoms with Crippen molar-refractivity contribution in [3.63, 3.8) is 0 Å². The van der Waals surface area contributed by atoms with Crippen LogP contribution in [0.5, 0.6) is 0 Å². The van der Waals surface area contributed by atoms with Crippen molar-refractivity contribution in [1.82, 2.24) is 0 Å². The second-order valence-corrected chi connectivity index (χ2v) is 116. The molecule has 0 aromatic heterocycles. The summed E-state index contributed by atoms with van der Waals surface area (Å²) in [5.41, 5.74) is 0.582. The molecule has 1 nitrogen and oxygen atoms in total. The zero-order chi connectivity index (χ0) is 32.8. The van der Waals surface area contributed by atoms with Crippen molar-refractivity contribution >= 4 is 72.4 Å². The Labute approximate surface area is 276 Å². The van der Waals surface area contributed by atoms with E-state index >= 15 is 0 Å². The van der Waals surface area contributed by atoms with Gasteiger partial charge in [0.2, 0.25) is 0 Å². The third kappa shape index (κ3) is 5.32. The topological polar surface area (TPSA) is 20.2 Å². The normalized spacial score (nSPS) is 36.0. The average molecular weight is 775 g/mol. The molecule has 0 aromatic carbocycles. The molecule has 1 saturated heterocycles. The van der Waals surface area contributed by atoms with Gasteiger partial charge in [0.15, 0.2) is 7.35 Å². The van der Waals surface area contributed by atoms with Crippen LogP contribution in [-0.4, -0.2) is 77.2 Å². The maximum Gasteiger partial charge on any atom is 0.157 e. The molecule has 4 saturated carbocycles. The fraction of sp³-hybridized carbons (Fsp3) is 1.00. The van der Waals surface area contributed by atoms with E-state index in [0.29, 0.717) is 5.41 Å². The number of hydrogen-bond donors (Lipinski definition) is 1. The smallest absolute Gasteiger partial charge is 0.157 e. The molecule has 0 aromatic rings. The summed E-state index contributed by atoms with van der Waals surface area (Å²) in [4.78, 5) is 14.3. The fourth-order valence-corrected chi connectivity index (χ4v) is 427. The van der Waals surface area contributed by atoms with E-state index in [9.17, 15) is 4.80 Å². The molecule has 5 rings (SSSR count). The van der Waals surface area contributed by atoms with Gasteiger partial charge in [0.25, 0.3) is 0 Å². The fourth-order valence-electron chi connectivity index (χ4n) is 14.7. The van der Waals surface area contributed by atoms with Crippen molar-refractivity contribution in [1.29, 1.82) is 0 Å². The minimum absolute atomic E-state index is 0.403. The van der Waals surface area contributed by atoms with Gasteiger partial charge < -0.3 is 4.80 Å². The Kier molecular flexibility index (Phi) is 11.0. The van der Waals surface area contributed by atoms with E-state index in [-0.39, 0.29) is 0 Å². The van der Waals surface area contributed by atoms with Crippen LogP contribution < -0.4 is 0 Å². The molecule has 10 heteroatoms. The maximum absolute atomic E-state index is 14.3. The predicted molar refractivity (Wildman–Crippen MR) is 218 cm³/mol. The second kappa shape index (κ2) is 12.0. The summed E-state index contributed by atoms with van der Waals surface area (Å²) in [6.45, 7) is 47.9. The number of hydrogen-bond acceptors (Lipinski definition) is 1. The zero-order valence-corrected chi connectivity index (χ0v) is 42.2. The van der Waals surface area contributed by atoms with Gasteiger partial charge in [-0.05, 0) is 66.9 Å². The molecular weight excluding hydrogens is 698 g/mol. The molecule has 5 aliphatic rings. The molecular formula is C32H77GeOSi8. The van der Waals surface area contributed by atoms with Crippen molar-refractivity contribution in [2.75, 3.05) is 0 Å². The van der Waals surface area contributed by atoms with Crippen LogP contribution in [-0.2, 0) is 0 Å². The van der Waals surface area contributed by atoms with Gasteiger partial charge in [-0.25, -0.2) is 0 Å². The Morgan fingerprint density at radius 3 is 1.05 bits per heavy atom. The van der Waals surface area contributed by atoms with Crippen LogP contribution in [0.1, 0.15) is 59.3 Å². The molecule has 5 fully saturated rings. The van der Waals surface area contributed by atoms with Crippen LogP contribution in [0.3, 0.4) is 0 Å². The molecule has 4 aliphatic carbocycles. The van der Waals surface area contributed by atoms with E-state index in [1.807, 2.05) is 0 Å². The van der Waals surface area contributed by atoms with Crippen LogP contribution in [0.2, 0.25) is 119 Å². The van der Waals surface area contributed by atoms with Crippen LogP contribution in [0.25, 0.3) is 0 Å². The van der Waals surface area contributed by atoms with Gasteiger partial charge in [0.05, 0.1) is 13.7 Å². The van der Waals surface area contributed by atoms with Crippen LogP contribution >= 0.6 is 0 Å². The SMILES string of the molecule is C[CH2][Ge]([CH2]C)[CH2]C.C[Si](C)(C)[Si]1(O)C(C23CC4CC(CC(C4)C2)C3)[Si]([Si](C)(C)C)([Si](C)(C)C)[Si]1([Si](C)(C)C)[Si](C)(C)C. The van der Waals surface area contributed by atoms with Gasteiger partial charge in [0.1, 0.15) is 0 Å². The standard InChI is InChI=1S/C26H62OSi8.C6H15Ge/c1-28(2,3)33(27)25(26-19-22-16-23(20-26)18-24(17-22)21-26)34(29(4,5)6,30(7,8)9)35(33,31(10,11)12)32(13,14)15;1-4-7(5-2)6-3/h22-25,27H,16-21H2,1-15H3;4-6H2,1-3H3. The zero-order valence-electron chi connectivity index (χ0n) is 32.1. The first-order valence-corrected chi connectivity index (χ1v) is 53.3. The van der Waals surface area contributed by atoms with Crippen molar-refractivity contribution in [3.05, 3.63) is 0 Å². The summed E-state index contributed by atoms with van der Waals surface area (Å²) in [7, 11) is -10.1. The Balaban J connectivity index is 0.000000616. The molecule has 1 aliphatic heterocycles. The Morgan fingerprint density at radius 2 is 0.857 bits per heavy atom. The van der Waals surface area contributed by atoms with Crippen molar-refractivity contribution < 1.29 is 4.80 Å². The molecule has 0 amide bonds. The van der Waals surface area contributed by atoms with Gasteiger partial charge in [0, 0.05) is 37.0 Å². The molecule has 247 valence electrons. The van der Waals surface area contributed by atoms with Gasteiger partial charge in [-0.3, -0.25) is 0 Å². The van der Waals surface area contributed by atoms with Gasteiger partial charge in [-0.1, -0.05) is 98.2 Å². The molecule has 2 unspecified atom stereocenters. The third-order valence-corrected chi connectivity index (χ3v) is 215. The Hall–Kier alpha value is 2.24. The van der Waals surface area contributed by atoms with Gasteiger partial charge in [-0.2, -0.15) is 0 Å². The molecule has 1 radical (unpaired) electrons. The van der Waals surface area contributed by atoms with Crippen LogP contribution in [0.15, 0.2) is 0 Å². The third-order valence-electron chi connectivity index (χ3n) is 14.0. The predicted octanol–water partition coefficient (Wildman–Crippen LogP) is 10.7. The summed E-state index contributed by atoms with van der Waals surface area (Å²) in [5.74, 6) is 3.06. The van der Waals surface area contributed by atoms with E-state index in [0.717, 1.165) is 22.9 Å². The summed E-state index contributed by atoms with van der Waals surface area (Å²) >= 11 is -0.403. The monoisotopic (exact) mass is 775 g/mol. The molecule has 2 atom stereocenters. The van der Waals surface area contributed by atoms with Gasteiger partial charge in [-0.15, -0.1) is 0 Å². The molecule has 1 heterocycles. The van der Waals surface area contributed by atoms with E-state index in [1.54, 1.807) is 38.5 Å². The van der Waals surface area contributed by atoms with Crippen LogP contribution in [0, 0.1) is 23.2 Å². The first kappa shape index (κ1) is 38.7. The Bertz CT molecular complexity index is 895. The summed E-state index contributed by atoms with van der Waals surface area (Å²) in [5, 5.41) is 5.47. The molecule has 1 N–H and O–H groups in total. The minimum Gasteiger partial charge on any atom is -0.438 e. The largest absolute Gasteiger partial charge is 0.438 e. The second-order valence-electron chi connectivity index (χ2n) is 21.1. The summed E-state index contributed by atoms with van der Waals surface area (Å²) in [6.07, 6.45) is 7.51. The van der Waals surface area contributed by atoms with E-state index in [1.165, 1.54) is 15.8 Å². The van der Waals surface area contributed by atoms with E-state index in [4.69, 9.17) is 0 Å². The van der Waals surface area contributed by atoms with Crippen LogP contribution in [0.4, 0.5) is 0 Å². The molecule has 4 bridgehead atoms. The molecule has 0 spiro atoms. The first-order valence-electron chi connectivity index (χ1n) is 18.3. The average Bonchev–Trinajstić information content (AvgIpc) is 2.73. The van der Waals surface area contributed by atoms with Crippen molar-refractivity contribution in [3.8, 4) is 0 Å². The van der Waals surface area contributed by atoms with E-state index < -0.39 is 72.4 Å². The first-order chi connectivity index (χ1) is 18.7. The van der Waals surface area contributed by atoms with Crippen molar-refractivity contribution in [2.45, 2.75) is 178 Å². The number of rotatable bonds is 9. The summed E-state index contributed by atoms with van der Waals surface area (Å²) in [6, 6.07) is 0. The quantitative estimate of drug-likeness (QED) is 0.231. The minimum atomic E-state index is -2.39. The molecule has 42 heavy (non-hydrogen) atoms.